The number of carbonyl (C=O) groups excluding carboxylic acids is 1. The van der Waals surface area contributed by atoms with Crippen LogP contribution in [-0.4, -0.2) is 61.8 Å². The van der Waals surface area contributed by atoms with E-state index in [0.29, 0.717) is 0 Å². The quantitative estimate of drug-likeness (QED) is 0.755. The molecule has 0 aliphatic carbocycles. The Morgan fingerprint density at radius 3 is 2.63 bits per heavy atom. The fourth-order valence-corrected chi connectivity index (χ4v) is 2.17. The fourth-order valence-electron chi connectivity index (χ4n) is 2.17. The lowest BCUT2D eigenvalue weighted by Gasteiger charge is -2.39. The van der Waals surface area contributed by atoms with Gasteiger partial charge in [-0.05, 0) is 27.2 Å². The predicted molar refractivity (Wildman–Crippen MR) is 69.9 cm³/mol. The molecule has 2 fully saturated rings. The largest absolute Gasteiger partial charge is 0.444 e. The molecule has 0 aromatic carbocycles. The molecule has 0 aromatic rings. The first-order valence-corrected chi connectivity index (χ1v) is 6.77. The highest BCUT2D eigenvalue weighted by molar-refractivity contribution is 5.68. The van der Waals surface area contributed by atoms with Crippen LogP contribution >= 0.6 is 0 Å². The molecule has 2 saturated heterocycles. The average Bonchev–Trinajstić information content (AvgIpc) is 2.97. The minimum absolute atomic E-state index is 0.00281. The van der Waals surface area contributed by atoms with E-state index in [2.05, 4.69) is 10.2 Å². The second-order valence-corrected chi connectivity index (χ2v) is 6.17. The van der Waals surface area contributed by atoms with Crippen molar-refractivity contribution < 1.29 is 19.0 Å². The van der Waals surface area contributed by atoms with E-state index in [4.69, 9.17) is 14.2 Å². The zero-order valence-electron chi connectivity index (χ0n) is 12.1. The van der Waals surface area contributed by atoms with Crippen molar-refractivity contribution in [3.05, 3.63) is 0 Å². The van der Waals surface area contributed by atoms with Gasteiger partial charge >= 0.3 is 6.09 Å². The molecular weight excluding hydrogens is 248 g/mol. The van der Waals surface area contributed by atoms with Gasteiger partial charge in [-0.3, -0.25) is 4.90 Å². The minimum Gasteiger partial charge on any atom is -0.444 e. The molecule has 1 amide bonds. The summed E-state index contributed by atoms with van der Waals surface area (Å²) < 4.78 is 15.6. The highest BCUT2D eigenvalue weighted by Crippen LogP contribution is 2.26. The zero-order valence-corrected chi connectivity index (χ0v) is 12.1. The second kappa shape index (κ2) is 5.64. The molecule has 2 aliphatic heterocycles. The maximum Gasteiger partial charge on any atom is 0.407 e. The summed E-state index contributed by atoms with van der Waals surface area (Å²) in [7, 11) is 1.66. The molecule has 2 rings (SSSR count). The summed E-state index contributed by atoms with van der Waals surface area (Å²) in [6.07, 6.45) is 0.902. The summed E-state index contributed by atoms with van der Waals surface area (Å²) in [4.78, 5) is 13.8. The van der Waals surface area contributed by atoms with E-state index in [0.717, 1.165) is 26.1 Å². The van der Waals surface area contributed by atoms with Crippen LogP contribution in [0.4, 0.5) is 4.79 Å². The SMILES string of the molecule is COC1OC1CCN1CC(NC(=O)OC(C)(C)C)C1. The lowest BCUT2D eigenvalue weighted by Crippen LogP contribution is -2.59. The molecule has 0 spiro atoms. The van der Waals surface area contributed by atoms with E-state index in [-0.39, 0.29) is 24.5 Å². The van der Waals surface area contributed by atoms with Gasteiger partial charge in [0, 0.05) is 26.7 Å². The first-order chi connectivity index (χ1) is 8.87. The Balaban J connectivity index is 1.53. The van der Waals surface area contributed by atoms with Crippen molar-refractivity contribution in [3.8, 4) is 0 Å². The lowest BCUT2D eigenvalue weighted by molar-refractivity contribution is 0.0398. The van der Waals surface area contributed by atoms with E-state index in [1.807, 2.05) is 20.8 Å². The van der Waals surface area contributed by atoms with Gasteiger partial charge in [0.25, 0.3) is 0 Å². The van der Waals surface area contributed by atoms with Gasteiger partial charge in [0.15, 0.2) is 6.29 Å². The van der Waals surface area contributed by atoms with Gasteiger partial charge < -0.3 is 19.5 Å². The van der Waals surface area contributed by atoms with Crippen LogP contribution in [0.1, 0.15) is 27.2 Å². The van der Waals surface area contributed by atoms with E-state index < -0.39 is 5.60 Å². The third-order valence-electron chi connectivity index (χ3n) is 3.18. The number of hydrogen-bond acceptors (Lipinski definition) is 5. The number of nitrogens with zero attached hydrogens (tertiary/aromatic N) is 1. The summed E-state index contributed by atoms with van der Waals surface area (Å²) in [6.45, 7) is 8.33. The summed E-state index contributed by atoms with van der Waals surface area (Å²) in [6, 6.07) is 0.202. The highest BCUT2D eigenvalue weighted by Gasteiger charge is 2.40. The Hall–Kier alpha value is -0.850. The highest BCUT2D eigenvalue weighted by atomic mass is 16.8. The number of rotatable bonds is 5. The summed E-state index contributed by atoms with van der Waals surface area (Å²) in [5, 5.41) is 2.87. The van der Waals surface area contributed by atoms with E-state index in [1.165, 1.54) is 0 Å². The Kier molecular flexibility index (Phi) is 4.32. The molecule has 0 radical (unpaired) electrons. The van der Waals surface area contributed by atoms with Crippen LogP contribution in [0.25, 0.3) is 0 Å². The van der Waals surface area contributed by atoms with Gasteiger partial charge in [0.1, 0.15) is 11.7 Å². The first-order valence-electron chi connectivity index (χ1n) is 6.77. The third-order valence-corrected chi connectivity index (χ3v) is 3.18. The number of epoxide rings is 1. The summed E-state index contributed by atoms with van der Waals surface area (Å²) in [5.41, 5.74) is -0.438. The number of carbonyl (C=O) groups is 1. The van der Waals surface area contributed by atoms with Gasteiger partial charge in [-0.25, -0.2) is 4.79 Å². The summed E-state index contributed by atoms with van der Waals surface area (Å²) >= 11 is 0. The number of nitrogens with one attached hydrogen (secondary N) is 1. The maximum atomic E-state index is 11.5. The molecule has 2 unspecified atom stereocenters. The number of likely N-dealkylation sites (tertiary alicyclic amines) is 1. The molecular formula is C13H24N2O4. The van der Waals surface area contributed by atoms with Crippen molar-refractivity contribution in [2.75, 3.05) is 26.7 Å². The monoisotopic (exact) mass is 272 g/mol. The molecule has 2 heterocycles. The first kappa shape index (κ1) is 14.6. The number of hydrogen-bond donors (Lipinski definition) is 1. The topological polar surface area (TPSA) is 63.3 Å². The lowest BCUT2D eigenvalue weighted by atomic mass is 10.1. The molecule has 6 heteroatoms. The second-order valence-electron chi connectivity index (χ2n) is 6.17. The molecule has 0 saturated carbocycles. The van der Waals surface area contributed by atoms with Gasteiger partial charge in [-0.1, -0.05) is 0 Å². The van der Waals surface area contributed by atoms with Crippen LogP contribution in [-0.2, 0) is 14.2 Å². The van der Waals surface area contributed by atoms with Crippen LogP contribution in [0, 0.1) is 0 Å². The minimum atomic E-state index is -0.438. The van der Waals surface area contributed by atoms with Crippen LogP contribution in [0.3, 0.4) is 0 Å². The van der Waals surface area contributed by atoms with Crippen LogP contribution in [0.2, 0.25) is 0 Å². The summed E-state index contributed by atoms with van der Waals surface area (Å²) in [5.74, 6) is 0. The molecule has 19 heavy (non-hydrogen) atoms. The van der Waals surface area contributed by atoms with Crippen LogP contribution in [0.5, 0.6) is 0 Å². The number of alkyl carbamates (subject to hydrolysis) is 1. The predicted octanol–water partition coefficient (Wildman–Crippen LogP) is 0.957. The molecule has 2 aliphatic rings. The van der Waals surface area contributed by atoms with Gasteiger partial charge in [-0.2, -0.15) is 0 Å². The molecule has 0 aromatic heterocycles. The molecule has 1 N–H and O–H groups in total. The van der Waals surface area contributed by atoms with E-state index in [9.17, 15) is 4.79 Å². The number of amides is 1. The Morgan fingerprint density at radius 1 is 1.42 bits per heavy atom. The van der Waals surface area contributed by atoms with Crippen molar-refractivity contribution in [1.29, 1.82) is 0 Å². The Bertz CT molecular complexity index is 323. The van der Waals surface area contributed by atoms with Crippen molar-refractivity contribution in [2.24, 2.45) is 0 Å². The number of ether oxygens (including phenoxy) is 3. The van der Waals surface area contributed by atoms with Crippen LogP contribution < -0.4 is 5.32 Å². The normalized spacial score (nSPS) is 27.8. The van der Waals surface area contributed by atoms with Crippen LogP contribution in [0.15, 0.2) is 0 Å². The molecule has 0 bridgehead atoms. The molecule has 110 valence electrons. The average molecular weight is 272 g/mol. The third kappa shape index (κ3) is 4.63. The van der Waals surface area contributed by atoms with Gasteiger partial charge in [-0.15, -0.1) is 0 Å². The van der Waals surface area contributed by atoms with E-state index >= 15 is 0 Å². The standard InChI is InChI=1S/C13H24N2O4/c1-13(2,3)19-12(16)14-9-7-15(8-9)6-5-10-11(17-4)18-10/h9-11H,5-8H2,1-4H3,(H,14,16). The van der Waals surface area contributed by atoms with Crippen molar-refractivity contribution >= 4 is 6.09 Å². The Morgan fingerprint density at radius 2 is 2.11 bits per heavy atom. The smallest absolute Gasteiger partial charge is 0.407 e. The Labute approximate surface area is 114 Å². The molecule has 2 atom stereocenters. The zero-order chi connectivity index (χ0) is 14.0. The van der Waals surface area contributed by atoms with Crippen molar-refractivity contribution in [1.82, 2.24) is 10.2 Å². The van der Waals surface area contributed by atoms with Gasteiger partial charge in [0.2, 0.25) is 0 Å². The maximum absolute atomic E-state index is 11.5. The van der Waals surface area contributed by atoms with Crippen molar-refractivity contribution in [2.45, 2.75) is 51.2 Å². The van der Waals surface area contributed by atoms with Crippen molar-refractivity contribution in [3.63, 3.8) is 0 Å². The molecule has 6 nitrogen and oxygen atoms in total. The van der Waals surface area contributed by atoms with Gasteiger partial charge in [0.05, 0.1) is 6.04 Å². The van der Waals surface area contributed by atoms with E-state index in [1.54, 1.807) is 7.11 Å². The number of methoxy groups -OCH3 is 1. The fraction of sp³-hybridized carbons (Fsp3) is 0.923.